The van der Waals surface area contributed by atoms with Crippen molar-refractivity contribution in [2.45, 2.75) is 31.2 Å². The normalized spacial score (nSPS) is 18.1. The average Bonchev–Trinajstić information content (AvgIpc) is 2.76. The quantitative estimate of drug-likeness (QED) is 0.932. The Morgan fingerprint density at radius 1 is 1.18 bits per heavy atom. The van der Waals surface area contributed by atoms with E-state index in [-0.39, 0.29) is 5.54 Å². The van der Waals surface area contributed by atoms with E-state index in [2.05, 4.69) is 15.9 Å². The second-order valence-electron chi connectivity index (χ2n) is 4.56. The zero-order valence-electron chi connectivity index (χ0n) is 10.3. The van der Waals surface area contributed by atoms with E-state index in [9.17, 15) is 0 Å². The van der Waals surface area contributed by atoms with Crippen molar-refractivity contribution in [3.8, 4) is 11.5 Å². The highest BCUT2D eigenvalue weighted by Crippen LogP contribution is 2.43. The molecule has 0 radical (unpaired) electrons. The topological polar surface area (TPSA) is 44.5 Å². The van der Waals surface area contributed by atoms with Gasteiger partial charge in [-0.15, -0.1) is 0 Å². The Labute approximate surface area is 110 Å². The highest BCUT2D eigenvalue weighted by Gasteiger charge is 2.32. The second-order valence-corrected chi connectivity index (χ2v) is 5.41. The van der Waals surface area contributed by atoms with Gasteiger partial charge in [0.2, 0.25) is 0 Å². The van der Waals surface area contributed by atoms with Gasteiger partial charge in [-0.25, -0.2) is 0 Å². The average molecular weight is 300 g/mol. The fourth-order valence-corrected chi connectivity index (χ4v) is 3.10. The van der Waals surface area contributed by atoms with E-state index in [1.807, 2.05) is 12.1 Å². The minimum atomic E-state index is -0.206. The Bertz CT molecular complexity index is 414. The predicted molar refractivity (Wildman–Crippen MR) is 71.6 cm³/mol. The zero-order valence-corrected chi connectivity index (χ0v) is 11.8. The molecule has 0 atom stereocenters. The number of ether oxygens (including phenoxy) is 2. The van der Waals surface area contributed by atoms with Gasteiger partial charge in [0, 0.05) is 5.54 Å². The van der Waals surface area contributed by atoms with Crippen molar-refractivity contribution >= 4 is 15.9 Å². The minimum absolute atomic E-state index is 0.206. The van der Waals surface area contributed by atoms with E-state index >= 15 is 0 Å². The van der Waals surface area contributed by atoms with Crippen molar-refractivity contribution in [2.75, 3.05) is 14.2 Å². The van der Waals surface area contributed by atoms with Crippen LogP contribution >= 0.6 is 15.9 Å². The number of hydrogen-bond donors (Lipinski definition) is 1. The first-order valence-electron chi connectivity index (χ1n) is 5.81. The van der Waals surface area contributed by atoms with Crippen LogP contribution in [-0.4, -0.2) is 14.2 Å². The number of hydrogen-bond acceptors (Lipinski definition) is 3. The first-order chi connectivity index (χ1) is 8.10. The molecule has 0 aromatic heterocycles. The van der Waals surface area contributed by atoms with E-state index in [1.54, 1.807) is 14.2 Å². The molecule has 1 aliphatic rings. The summed E-state index contributed by atoms with van der Waals surface area (Å²) < 4.78 is 11.6. The lowest BCUT2D eigenvalue weighted by atomic mass is 9.89. The summed E-state index contributed by atoms with van der Waals surface area (Å²) in [5.74, 6) is 1.45. The van der Waals surface area contributed by atoms with Gasteiger partial charge in [-0.05, 0) is 46.5 Å². The molecule has 1 fully saturated rings. The number of rotatable bonds is 3. The summed E-state index contributed by atoms with van der Waals surface area (Å²) in [6, 6.07) is 4.04. The van der Waals surface area contributed by atoms with Gasteiger partial charge in [0.15, 0.2) is 11.5 Å². The zero-order chi connectivity index (χ0) is 12.5. The van der Waals surface area contributed by atoms with Crippen molar-refractivity contribution in [1.82, 2.24) is 0 Å². The summed E-state index contributed by atoms with van der Waals surface area (Å²) >= 11 is 3.51. The maximum atomic E-state index is 6.45. The van der Waals surface area contributed by atoms with Gasteiger partial charge in [0.05, 0.1) is 18.7 Å². The van der Waals surface area contributed by atoms with Crippen molar-refractivity contribution < 1.29 is 9.47 Å². The van der Waals surface area contributed by atoms with Gasteiger partial charge in [0.1, 0.15) is 0 Å². The Balaban J connectivity index is 2.46. The lowest BCUT2D eigenvalue weighted by Gasteiger charge is -2.25. The van der Waals surface area contributed by atoms with Gasteiger partial charge in [0.25, 0.3) is 0 Å². The third-order valence-corrected chi connectivity index (χ3v) is 4.09. The van der Waals surface area contributed by atoms with Crippen molar-refractivity contribution in [3.63, 3.8) is 0 Å². The molecular weight excluding hydrogens is 282 g/mol. The van der Waals surface area contributed by atoms with Crippen LogP contribution in [0.2, 0.25) is 0 Å². The van der Waals surface area contributed by atoms with Gasteiger partial charge in [-0.2, -0.15) is 0 Å². The Morgan fingerprint density at radius 2 is 1.82 bits per heavy atom. The molecule has 0 saturated heterocycles. The van der Waals surface area contributed by atoms with Gasteiger partial charge < -0.3 is 15.2 Å². The highest BCUT2D eigenvalue weighted by atomic mass is 79.9. The Hall–Kier alpha value is -0.740. The molecule has 0 heterocycles. The van der Waals surface area contributed by atoms with E-state index in [1.165, 1.54) is 12.8 Å². The van der Waals surface area contributed by atoms with E-state index in [0.29, 0.717) is 0 Å². The summed E-state index contributed by atoms with van der Waals surface area (Å²) in [4.78, 5) is 0. The molecule has 1 aliphatic carbocycles. The molecule has 1 aromatic rings. The SMILES string of the molecule is COc1cc(C2(N)CCCC2)cc(Br)c1OC. The van der Waals surface area contributed by atoms with Crippen molar-refractivity contribution in [3.05, 3.63) is 22.2 Å². The first kappa shape index (κ1) is 12.7. The molecule has 4 heteroatoms. The molecule has 0 aliphatic heterocycles. The number of halogens is 1. The van der Waals surface area contributed by atoms with Gasteiger partial charge in [-0.3, -0.25) is 0 Å². The van der Waals surface area contributed by atoms with Crippen LogP contribution in [0.3, 0.4) is 0 Å². The number of benzene rings is 1. The predicted octanol–water partition coefficient (Wildman–Crippen LogP) is 3.19. The number of methoxy groups -OCH3 is 2. The van der Waals surface area contributed by atoms with Crippen LogP contribution in [0, 0.1) is 0 Å². The van der Waals surface area contributed by atoms with Crippen LogP contribution in [0.1, 0.15) is 31.2 Å². The Morgan fingerprint density at radius 3 is 2.35 bits per heavy atom. The summed E-state index contributed by atoms with van der Waals surface area (Å²) in [6.07, 6.45) is 4.47. The van der Waals surface area contributed by atoms with Crippen LogP contribution in [0.25, 0.3) is 0 Å². The van der Waals surface area contributed by atoms with E-state index in [0.717, 1.165) is 34.4 Å². The molecule has 2 rings (SSSR count). The summed E-state index contributed by atoms with van der Waals surface area (Å²) in [7, 11) is 3.28. The Kier molecular flexibility index (Phi) is 3.64. The molecule has 1 saturated carbocycles. The van der Waals surface area contributed by atoms with Crippen LogP contribution < -0.4 is 15.2 Å². The lowest BCUT2D eigenvalue weighted by Crippen LogP contribution is -2.33. The summed E-state index contributed by atoms with van der Waals surface area (Å²) in [5, 5.41) is 0. The largest absolute Gasteiger partial charge is 0.493 e. The fraction of sp³-hybridized carbons (Fsp3) is 0.538. The van der Waals surface area contributed by atoms with Crippen LogP contribution in [0.4, 0.5) is 0 Å². The lowest BCUT2D eigenvalue weighted by molar-refractivity contribution is 0.350. The summed E-state index contributed by atoms with van der Waals surface area (Å²) in [6.45, 7) is 0. The number of nitrogens with two attached hydrogens (primary N) is 1. The smallest absolute Gasteiger partial charge is 0.174 e. The summed E-state index contributed by atoms with van der Waals surface area (Å²) in [5.41, 5.74) is 7.37. The molecule has 0 amide bonds. The highest BCUT2D eigenvalue weighted by molar-refractivity contribution is 9.10. The third kappa shape index (κ3) is 2.29. The van der Waals surface area contributed by atoms with Crippen molar-refractivity contribution in [2.24, 2.45) is 5.73 Å². The van der Waals surface area contributed by atoms with Crippen LogP contribution in [0.15, 0.2) is 16.6 Å². The molecule has 94 valence electrons. The molecule has 17 heavy (non-hydrogen) atoms. The van der Waals surface area contributed by atoms with Gasteiger partial charge in [-0.1, -0.05) is 12.8 Å². The van der Waals surface area contributed by atoms with Crippen LogP contribution in [-0.2, 0) is 5.54 Å². The molecule has 2 N–H and O–H groups in total. The van der Waals surface area contributed by atoms with Crippen molar-refractivity contribution in [1.29, 1.82) is 0 Å². The first-order valence-corrected chi connectivity index (χ1v) is 6.61. The standard InChI is InChI=1S/C13H18BrNO2/c1-16-11-8-9(7-10(14)12(11)17-2)13(15)5-3-4-6-13/h7-8H,3-6,15H2,1-2H3. The maximum Gasteiger partial charge on any atom is 0.174 e. The molecule has 1 aromatic carbocycles. The molecule has 0 spiro atoms. The van der Waals surface area contributed by atoms with Crippen LogP contribution in [0.5, 0.6) is 11.5 Å². The second kappa shape index (κ2) is 4.86. The molecule has 0 unspecified atom stereocenters. The third-order valence-electron chi connectivity index (χ3n) is 3.50. The molecule has 3 nitrogen and oxygen atoms in total. The van der Waals surface area contributed by atoms with E-state index in [4.69, 9.17) is 15.2 Å². The van der Waals surface area contributed by atoms with Gasteiger partial charge >= 0.3 is 0 Å². The monoisotopic (exact) mass is 299 g/mol. The van der Waals surface area contributed by atoms with E-state index < -0.39 is 0 Å². The maximum absolute atomic E-state index is 6.45. The molecule has 0 bridgehead atoms. The fourth-order valence-electron chi connectivity index (χ4n) is 2.50. The minimum Gasteiger partial charge on any atom is -0.493 e. The molecular formula is C13H18BrNO2.